The molecule has 20 heavy (non-hydrogen) atoms. The Kier molecular flexibility index (Phi) is 7.45. The third-order valence-electron chi connectivity index (χ3n) is 3.23. The zero-order chi connectivity index (χ0) is 15.8. The van der Waals surface area contributed by atoms with E-state index in [1.54, 1.807) is 13.2 Å². The van der Waals surface area contributed by atoms with E-state index in [1.807, 2.05) is 38.2 Å². The van der Waals surface area contributed by atoms with E-state index in [-0.39, 0.29) is 11.2 Å². The van der Waals surface area contributed by atoms with Crippen molar-refractivity contribution in [2.24, 2.45) is 5.41 Å². The van der Waals surface area contributed by atoms with E-state index in [4.69, 9.17) is 4.74 Å². The van der Waals surface area contributed by atoms with Crippen molar-refractivity contribution in [1.82, 2.24) is 0 Å². The van der Waals surface area contributed by atoms with E-state index in [2.05, 4.69) is 33.1 Å². The van der Waals surface area contributed by atoms with Crippen molar-refractivity contribution in [1.29, 1.82) is 0 Å². The van der Waals surface area contributed by atoms with Gasteiger partial charge in [0.2, 0.25) is 0 Å². The maximum absolute atomic E-state index is 9.20. The van der Waals surface area contributed by atoms with Crippen LogP contribution in [0.3, 0.4) is 0 Å². The number of aliphatic hydroxyl groups excluding tert-OH is 1. The highest BCUT2D eigenvalue weighted by Crippen LogP contribution is 2.36. The van der Waals surface area contributed by atoms with Crippen molar-refractivity contribution in [2.45, 2.75) is 27.7 Å². The molecule has 0 radical (unpaired) electrons. The number of aliphatic hydroxyl groups is 1. The molecule has 2 heteroatoms. The summed E-state index contributed by atoms with van der Waals surface area (Å²) in [6.45, 7) is 15.5. The first-order chi connectivity index (χ1) is 9.29. The molecule has 0 heterocycles. The Bertz CT molecular complexity index is 472. The summed E-state index contributed by atoms with van der Waals surface area (Å²) in [5.74, 6) is 0.659. The third-order valence-corrected chi connectivity index (χ3v) is 3.23. The molecule has 0 rings (SSSR count). The number of hydrogen-bond acceptors (Lipinski definition) is 2. The van der Waals surface area contributed by atoms with Crippen LogP contribution in [0.5, 0.6) is 0 Å². The summed E-state index contributed by atoms with van der Waals surface area (Å²) in [5.41, 5.74) is 2.03. The molecular weight excluding hydrogens is 248 g/mol. The van der Waals surface area contributed by atoms with E-state index in [0.29, 0.717) is 5.76 Å². The summed E-state index contributed by atoms with van der Waals surface area (Å²) in [6.07, 6.45) is 11.4. The Balaban J connectivity index is 5.40. The molecule has 110 valence electrons. The third kappa shape index (κ3) is 5.35. The van der Waals surface area contributed by atoms with Crippen LogP contribution in [-0.4, -0.2) is 12.2 Å². The van der Waals surface area contributed by atoms with Gasteiger partial charge in [-0.15, -0.1) is 0 Å². The number of rotatable bonds is 7. The van der Waals surface area contributed by atoms with Crippen LogP contribution in [0.1, 0.15) is 27.7 Å². The van der Waals surface area contributed by atoms with E-state index in [9.17, 15) is 5.11 Å². The predicted octanol–water partition coefficient (Wildman–Crippen LogP) is 5.25. The highest BCUT2D eigenvalue weighted by molar-refractivity contribution is 5.41. The van der Waals surface area contributed by atoms with E-state index < -0.39 is 0 Å². The summed E-state index contributed by atoms with van der Waals surface area (Å²) >= 11 is 0. The fraction of sp³-hybridized carbons (Fsp3) is 0.333. The van der Waals surface area contributed by atoms with E-state index >= 15 is 0 Å². The van der Waals surface area contributed by atoms with Gasteiger partial charge in [0.25, 0.3) is 0 Å². The number of ether oxygens (including phenoxy) is 1. The number of methoxy groups -OCH3 is 1. The van der Waals surface area contributed by atoms with Crippen molar-refractivity contribution in [2.75, 3.05) is 7.11 Å². The molecule has 0 saturated heterocycles. The average molecular weight is 274 g/mol. The second kappa shape index (κ2) is 8.26. The molecule has 0 atom stereocenters. The molecule has 0 aromatic carbocycles. The van der Waals surface area contributed by atoms with Gasteiger partial charge in [-0.1, -0.05) is 51.3 Å². The SMILES string of the molecule is C=C(O)/C=C\C(=C/C)C(C)(C)C(/C=C\C(=C)OC)=C/C. The van der Waals surface area contributed by atoms with Crippen LogP contribution in [0.15, 0.2) is 72.3 Å². The fourth-order valence-electron chi connectivity index (χ4n) is 1.93. The van der Waals surface area contributed by atoms with Crippen molar-refractivity contribution in [3.63, 3.8) is 0 Å². The lowest BCUT2D eigenvalue weighted by molar-refractivity contribution is 0.308. The molecule has 0 fully saturated rings. The molecule has 0 aromatic heterocycles. The predicted molar refractivity (Wildman–Crippen MR) is 87.5 cm³/mol. The highest BCUT2D eigenvalue weighted by atomic mass is 16.5. The molecule has 0 aliphatic rings. The monoisotopic (exact) mass is 274 g/mol. The van der Waals surface area contributed by atoms with Gasteiger partial charge in [-0.3, -0.25) is 0 Å². The van der Waals surface area contributed by atoms with Gasteiger partial charge in [0.1, 0.15) is 11.5 Å². The molecule has 0 spiro atoms. The lowest BCUT2D eigenvalue weighted by atomic mass is 9.76. The summed E-state index contributed by atoms with van der Waals surface area (Å²) in [7, 11) is 1.60. The first-order valence-corrected chi connectivity index (χ1v) is 6.60. The zero-order valence-electron chi connectivity index (χ0n) is 13.2. The number of hydrogen-bond donors (Lipinski definition) is 1. The molecule has 0 aliphatic heterocycles. The second-order valence-electron chi connectivity index (χ2n) is 4.94. The molecular formula is C18H26O2. The first kappa shape index (κ1) is 18.0. The maximum atomic E-state index is 9.20. The summed E-state index contributed by atoms with van der Waals surface area (Å²) in [5, 5.41) is 9.20. The minimum absolute atomic E-state index is 0.0467. The van der Waals surface area contributed by atoms with Crippen molar-refractivity contribution in [3.8, 4) is 0 Å². The van der Waals surface area contributed by atoms with Gasteiger partial charge < -0.3 is 9.84 Å². The van der Waals surface area contributed by atoms with Gasteiger partial charge in [-0.2, -0.15) is 0 Å². The van der Waals surface area contributed by atoms with Crippen LogP contribution in [0.4, 0.5) is 0 Å². The van der Waals surface area contributed by atoms with E-state index in [0.717, 1.165) is 11.1 Å². The Hall–Kier alpha value is -1.96. The van der Waals surface area contributed by atoms with Gasteiger partial charge in [-0.25, -0.2) is 0 Å². The normalized spacial score (nSPS) is 14.1. The van der Waals surface area contributed by atoms with E-state index in [1.165, 1.54) is 0 Å². The molecule has 0 unspecified atom stereocenters. The van der Waals surface area contributed by atoms with Gasteiger partial charge in [0.05, 0.1) is 7.11 Å². The van der Waals surface area contributed by atoms with Gasteiger partial charge in [0, 0.05) is 5.41 Å². The molecule has 0 amide bonds. The van der Waals surface area contributed by atoms with Crippen molar-refractivity contribution in [3.05, 3.63) is 72.3 Å². The largest absolute Gasteiger partial charge is 0.509 e. The fourth-order valence-corrected chi connectivity index (χ4v) is 1.93. The Morgan fingerprint density at radius 2 is 1.40 bits per heavy atom. The quantitative estimate of drug-likeness (QED) is 0.507. The van der Waals surface area contributed by atoms with Crippen molar-refractivity contribution >= 4 is 0 Å². The minimum atomic E-state index is -0.194. The zero-order valence-corrected chi connectivity index (χ0v) is 13.2. The maximum Gasteiger partial charge on any atom is 0.111 e. The molecule has 1 N–H and O–H groups in total. The van der Waals surface area contributed by atoms with Crippen molar-refractivity contribution < 1.29 is 9.84 Å². The Labute approximate surface area is 123 Å². The van der Waals surface area contributed by atoms with Crippen LogP contribution >= 0.6 is 0 Å². The minimum Gasteiger partial charge on any atom is -0.509 e. The van der Waals surface area contributed by atoms with Crippen LogP contribution in [0, 0.1) is 5.41 Å². The summed E-state index contributed by atoms with van der Waals surface area (Å²) < 4.78 is 5.04. The highest BCUT2D eigenvalue weighted by Gasteiger charge is 2.24. The second-order valence-corrected chi connectivity index (χ2v) is 4.94. The standard InChI is InChI=1S/C18H26O2/c1-8-16(12-10-14(3)19)18(5,6)17(9-2)13-11-15(4)20-7/h8-13,19H,3-4H2,1-2,5-7H3/b12-10-,13-11-,16-8+,17-9+. The lowest BCUT2D eigenvalue weighted by Gasteiger charge is -2.28. The molecule has 0 aromatic rings. The number of allylic oxidation sites excluding steroid dienone is 8. The van der Waals surface area contributed by atoms with Crippen LogP contribution < -0.4 is 0 Å². The van der Waals surface area contributed by atoms with Gasteiger partial charge in [0.15, 0.2) is 0 Å². The van der Waals surface area contributed by atoms with Crippen LogP contribution in [0.2, 0.25) is 0 Å². The molecule has 0 aliphatic carbocycles. The smallest absolute Gasteiger partial charge is 0.111 e. The Morgan fingerprint density at radius 3 is 1.75 bits per heavy atom. The van der Waals surface area contributed by atoms with Crippen LogP contribution in [0.25, 0.3) is 0 Å². The topological polar surface area (TPSA) is 29.5 Å². The van der Waals surface area contributed by atoms with Gasteiger partial charge in [-0.05, 0) is 37.1 Å². The summed E-state index contributed by atoms with van der Waals surface area (Å²) in [6, 6.07) is 0. The molecule has 2 nitrogen and oxygen atoms in total. The Morgan fingerprint density at radius 1 is 0.950 bits per heavy atom. The summed E-state index contributed by atoms with van der Waals surface area (Å²) in [4.78, 5) is 0. The molecule has 0 saturated carbocycles. The first-order valence-electron chi connectivity index (χ1n) is 6.60. The van der Waals surface area contributed by atoms with Crippen LogP contribution in [-0.2, 0) is 4.74 Å². The van der Waals surface area contributed by atoms with Gasteiger partial charge >= 0.3 is 0 Å². The average Bonchev–Trinajstić information content (AvgIpc) is 2.38. The lowest BCUT2D eigenvalue weighted by Crippen LogP contribution is -2.16. The molecule has 0 bridgehead atoms.